The highest BCUT2D eigenvalue weighted by molar-refractivity contribution is 5.82. The molecule has 4 heteroatoms. The number of carbonyl (C=O) groups is 1. The molecule has 0 aromatic rings. The van der Waals surface area contributed by atoms with Crippen molar-refractivity contribution in [2.75, 3.05) is 13.7 Å². The molecule has 1 saturated carbocycles. The summed E-state index contributed by atoms with van der Waals surface area (Å²) in [5.41, 5.74) is 5.73. The first-order valence-electron chi connectivity index (χ1n) is 5.32. The Bertz CT molecular complexity index is 243. The van der Waals surface area contributed by atoms with Crippen LogP contribution >= 0.6 is 0 Å². The van der Waals surface area contributed by atoms with Gasteiger partial charge < -0.3 is 15.8 Å². The monoisotopic (exact) mass is 214 g/mol. The van der Waals surface area contributed by atoms with E-state index in [-0.39, 0.29) is 29.3 Å². The van der Waals surface area contributed by atoms with Gasteiger partial charge in [0.2, 0.25) is 0 Å². The zero-order valence-corrected chi connectivity index (χ0v) is 10.3. The highest BCUT2D eigenvalue weighted by Crippen LogP contribution is 2.62. The first-order chi connectivity index (χ1) is 6.79. The smallest absolute Gasteiger partial charge is 0.250 e. The van der Waals surface area contributed by atoms with E-state index >= 15 is 0 Å². The number of carbonyl (C=O) groups excluding carboxylic acids is 1. The van der Waals surface area contributed by atoms with Crippen LogP contribution in [0.3, 0.4) is 0 Å². The maximum atomic E-state index is 11.7. The Morgan fingerprint density at radius 1 is 1.40 bits per heavy atom. The standard InChI is InChI=1S/C11H22N2O2/c1-10(2)9(11(10,3)4)13-8(14)7(6-12)15-5/h7,9H,6,12H2,1-5H3,(H,13,14). The normalized spacial score (nSPS) is 24.7. The summed E-state index contributed by atoms with van der Waals surface area (Å²) < 4.78 is 4.99. The molecule has 1 atom stereocenters. The van der Waals surface area contributed by atoms with Gasteiger partial charge in [0.1, 0.15) is 6.10 Å². The topological polar surface area (TPSA) is 64.3 Å². The van der Waals surface area contributed by atoms with E-state index in [1.807, 2.05) is 0 Å². The summed E-state index contributed by atoms with van der Waals surface area (Å²) in [6.45, 7) is 8.84. The van der Waals surface area contributed by atoms with Gasteiger partial charge in [0, 0.05) is 19.7 Å². The lowest BCUT2D eigenvalue weighted by Crippen LogP contribution is -2.43. The molecular formula is C11H22N2O2. The lowest BCUT2D eigenvalue weighted by molar-refractivity contribution is -0.130. The number of ether oxygens (including phenoxy) is 1. The summed E-state index contributed by atoms with van der Waals surface area (Å²) in [6.07, 6.45) is -0.530. The second-order valence-electron chi connectivity index (χ2n) is 5.35. The number of rotatable bonds is 4. The number of methoxy groups -OCH3 is 1. The highest BCUT2D eigenvalue weighted by atomic mass is 16.5. The molecule has 1 aliphatic carbocycles. The van der Waals surface area contributed by atoms with Crippen LogP contribution in [-0.4, -0.2) is 31.7 Å². The molecule has 1 amide bonds. The average Bonchev–Trinajstić information content (AvgIpc) is 2.50. The van der Waals surface area contributed by atoms with Crippen molar-refractivity contribution in [3.63, 3.8) is 0 Å². The van der Waals surface area contributed by atoms with Gasteiger partial charge in [-0.15, -0.1) is 0 Å². The van der Waals surface area contributed by atoms with Gasteiger partial charge in [-0.25, -0.2) is 0 Å². The third kappa shape index (κ3) is 1.88. The molecule has 15 heavy (non-hydrogen) atoms. The molecule has 0 bridgehead atoms. The van der Waals surface area contributed by atoms with Gasteiger partial charge in [-0.05, 0) is 10.8 Å². The van der Waals surface area contributed by atoms with Crippen molar-refractivity contribution in [3.8, 4) is 0 Å². The SMILES string of the molecule is COC(CN)C(=O)NC1C(C)(C)C1(C)C. The molecule has 3 N–H and O–H groups in total. The van der Waals surface area contributed by atoms with Gasteiger partial charge in [-0.2, -0.15) is 0 Å². The Morgan fingerprint density at radius 3 is 2.13 bits per heavy atom. The van der Waals surface area contributed by atoms with E-state index in [0.717, 1.165) is 0 Å². The minimum atomic E-state index is -0.530. The van der Waals surface area contributed by atoms with Gasteiger partial charge in [-0.3, -0.25) is 4.79 Å². The lowest BCUT2D eigenvalue weighted by atomic mass is 10.0. The van der Waals surface area contributed by atoms with Crippen LogP contribution in [-0.2, 0) is 9.53 Å². The molecule has 0 saturated heterocycles. The van der Waals surface area contributed by atoms with Crippen LogP contribution in [0.1, 0.15) is 27.7 Å². The summed E-state index contributed by atoms with van der Waals surface area (Å²) in [5, 5.41) is 2.99. The van der Waals surface area contributed by atoms with E-state index in [0.29, 0.717) is 0 Å². The number of nitrogens with two attached hydrogens (primary N) is 1. The van der Waals surface area contributed by atoms with E-state index in [9.17, 15) is 4.79 Å². The molecule has 4 nitrogen and oxygen atoms in total. The second-order valence-corrected chi connectivity index (χ2v) is 5.35. The van der Waals surface area contributed by atoms with Crippen molar-refractivity contribution >= 4 is 5.91 Å². The predicted octanol–water partition coefficient (Wildman–Crippen LogP) is 0.511. The van der Waals surface area contributed by atoms with Crippen LogP contribution < -0.4 is 11.1 Å². The molecule has 0 heterocycles. The number of hydrogen-bond donors (Lipinski definition) is 2. The lowest BCUT2D eigenvalue weighted by Gasteiger charge is -2.14. The first kappa shape index (κ1) is 12.5. The van der Waals surface area contributed by atoms with Gasteiger partial charge >= 0.3 is 0 Å². The molecule has 88 valence electrons. The minimum absolute atomic E-state index is 0.108. The van der Waals surface area contributed by atoms with E-state index < -0.39 is 6.10 Å². The molecule has 0 radical (unpaired) electrons. The van der Waals surface area contributed by atoms with Crippen LogP contribution in [0.5, 0.6) is 0 Å². The molecule has 0 aromatic heterocycles. The summed E-state index contributed by atoms with van der Waals surface area (Å²) in [7, 11) is 1.50. The Hall–Kier alpha value is -0.610. The molecule has 0 spiro atoms. The van der Waals surface area contributed by atoms with Crippen LogP contribution in [0, 0.1) is 10.8 Å². The third-order valence-corrected chi connectivity index (χ3v) is 4.10. The zero-order valence-electron chi connectivity index (χ0n) is 10.3. The van der Waals surface area contributed by atoms with Crippen LogP contribution in [0.15, 0.2) is 0 Å². The highest BCUT2D eigenvalue weighted by Gasteiger charge is 2.65. The van der Waals surface area contributed by atoms with E-state index in [2.05, 4.69) is 33.0 Å². The quantitative estimate of drug-likeness (QED) is 0.716. The molecule has 1 fully saturated rings. The Kier molecular flexibility index (Phi) is 3.12. The average molecular weight is 214 g/mol. The molecule has 0 aliphatic heterocycles. The van der Waals surface area contributed by atoms with E-state index in [1.54, 1.807) is 0 Å². The van der Waals surface area contributed by atoms with Gasteiger partial charge in [0.05, 0.1) is 0 Å². The van der Waals surface area contributed by atoms with Crippen molar-refractivity contribution in [1.82, 2.24) is 5.32 Å². The first-order valence-corrected chi connectivity index (χ1v) is 5.32. The zero-order chi connectivity index (χ0) is 11.9. The molecule has 1 rings (SSSR count). The fourth-order valence-corrected chi connectivity index (χ4v) is 2.10. The summed E-state index contributed by atoms with van der Waals surface area (Å²) in [4.78, 5) is 11.7. The minimum Gasteiger partial charge on any atom is -0.370 e. The largest absolute Gasteiger partial charge is 0.370 e. The van der Waals surface area contributed by atoms with Crippen molar-refractivity contribution < 1.29 is 9.53 Å². The summed E-state index contributed by atoms with van der Waals surface area (Å²) >= 11 is 0. The Labute approximate surface area is 91.5 Å². The number of nitrogens with one attached hydrogen (secondary N) is 1. The van der Waals surface area contributed by atoms with Crippen LogP contribution in [0.2, 0.25) is 0 Å². The molecule has 1 unspecified atom stereocenters. The molecule has 0 aromatic carbocycles. The van der Waals surface area contributed by atoms with Crippen molar-refractivity contribution in [3.05, 3.63) is 0 Å². The van der Waals surface area contributed by atoms with E-state index in [1.165, 1.54) is 7.11 Å². The number of amides is 1. The fraction of sp³-hybridized carbons (Fsp3) is 0.909. The summed E-state index contributed by atoms with van der Waals surface area (Å²) in [6, 6.07) is 0.210. The van der Waals surface area contributed by atoms with Crippen molar-refractivity contribution in [2.45, 2.75) is 39.8 Å². The van der Waals surface area contributed by atoms with E-state index in [4.69, 9.17) is 10.5 Å². The fourth-order valence-electron chi connectivity index (χ4n) is 2.10. The maximum Gasteiger partial charge on any atom is 0.250 e. The van der Waals surface area contributed by atoms with Crippen molar-refractivity contribution in [1.29, 1.82) is 0 Å². The Balaban J connectivity index is 2.55. The maximum absolute atomic E-state index is 11.7. The second kappa shape index (κ2) is 3.76. The van der Waals surface area contributed by atoms with Crippen LogP contribution in [0.4, 0.5) is 0 Å². The van der Waals surface area contributed by atoms with Gasteiger partial charge in [0.15, 0.2) is 0 Å². The summed E-state index contributed by atoms with van der Waals surface area (Å²) in [5.74, 6) is -0.108. The molecular weight excluding hydrogens is 192 g/mol. The third-order valence-electron chi connectivity index (χ3n) is 4.10. The molecule has 1 aliphatic rings. The predicted molar refractivity (Wildman–Crippen MR) is 59.3 cm³/mol. The number of hydrogen-bond acceptors (Lipinski definition) is 3. The van der Waals surface area contributed by atoms with Crippen molar-refractivity contribution in [2.24, 2.45) is 16.6 Å². The Morgan fingerprint density at radius 2 is 1.87 bits per heavy atom. The van der Waals surface area contributed by atoms with Gasteiger partial charge in [-0.1, -0.05) is 27.7 Å². The van der Waals surface area contributed by atoms with Crippen LogP contribution in [0.25, 0.3) is 0 Å². The van der Waals surface area contributed by atoms with Gasteiger partial charge in [0.25, 0.3) is 5.91 Å².